The van der Waals surface area contributed by atoms with Gasteiger partial charge in [-0.1, -0.05) is 37.0 Å². The van der Waals surface area contributed by atoms with Gasteiger partial charge in [0.15, 0.2) is 0 Å². The van der Waals surface area contributed by atoms with Crippen LogP contribution in [0.2, 0.25) is 10.0 Å². The maximum Gasteiger partial charge on any atom is 0.0661 e. The Morgan fingerprint density at radius 1 is 1.25 bits per heavy atom. The third-order valence-corrected chi connectivity index (χ3v) is 2.92. The molecule has 1 heterocycles. The SMILES string of the molecule is CC(C)NCc1cc2cc(Cl)cc(Cl)c2[nH]1. The summed E-state index contributed by atoms with van der Waals surface area (Å²) in [5.41, 5.74) is 2.07. The van der Waals surface area contributed by atoms with Crippen molar-refractivity contribution in [2.75, 3.05) is 0 Å². The molecule has 4 heteroatoms. The van der Waals surface area contributed by atoms with Crippen molar-refractivity contribution in [1.82, 2.24) is 10.3 Å². The smallest absolute Gasteiger partial charge is 0.0661 e. The van der Waals surface area contributed by atoms with E-state index in [1.165, 1.54) is 0 Å². The normalized spacial score (nSPS) is 11.6. The van der Waals surface area contributed by atoms with Crippen molar-refractivity contribution in [3.05, 3.63) is 33.9 Å². The lowest BCUT2D eigenvalue weighted by molar-refractivity contribution is 0.583. The molecule has 0 unspecified atom stereocenters. The van der Waals surface area contributed by atoms with Crippen molar-refractivity contribution in [3.8, 4) is 0 Å². The molecule has 0 aliphatic rings. The quantitative estimate of drug-likeness (QED) is 0.855. The van der Waals surface area contributed by atoms with Crippen LogP contribution in [0.1, 0.15) is 19.5 Å². The molecule has 2 rings (SSSR count). The molecule has 86 valence electrons. The number of hydrogen-bond donors (Lipinski definition) is 2. The molecule has 0 aliphatic carbocycles. The predicted octanol–water partition coefficient (Wildman–Crippen LogP) is 3.97. The third-order valence-electron chi connectivity index (χ3n) is 2.40. The van der Waals surface area contributed by atoms with Crippen molar-refractivity contribution in [2.45, 2.75) is 26.4 Å². The van der Waals surface area contributed by atoms with Crippen LogP contribution in [-0.4, -0.2) is 11.0 Å². The molecule has 0 bridgehead atoms. The first kappa shape index (κ1) is 11.8. The van der Waals surface area contributed by atoms with Crippen LogP contribution in [0.3, 0.4) is 0 Å². The molecular formula is C12H14Cl2N2. The number of fused-ring (bicyclic) bond motifs is 1. The second-order valence-electron chi connectivity index (χ2n) is 4.18. The average molecular weight is 257 g/mol. The maximum absolute atomic E-state index is 6.10. The molecule has 0 saturated heterocycles. The van der Waals surface area contributed by atoms with Crippen LogP contribution >= 0.6 is 23.2 Å². The van der Waals surface area contributed by atoms with E-state index in [9.17, 15) is 0 Å². The number of nitrogens with one attached hydrogen (secondary N) is 2. The van der Waals surface area contributed by atoms with Gasteiger partial charge in [0.1, 0.15) is 0 Å². The van der Waals surface area contributed by atoms with E-state index in [4.69, 9.17) is 23.2 Å². The minimum Gasteiger partial charge on any atom is -0.356 e. The number of aromatic amines is 1. The molecule has 0 aliphatic heterocycles. The van der Waals surface area contributed by atoms with Gasteiger partial charge in [0.25, 0.3) is 0 Å². The molecule has 0 atom stereocenters. The fraction of sp³-hybridized carbons (Fsp3) is 0.333. The first-order valence-corrected chi connectivity index (χ1v) is 6.02. The molecule has 0 spiro atoms. The lowest BCUT2D eigenvalue weighted by atomic mass is 10.2. The zero-order valence-electron chi connectivity index (χ0n) is 9.27. The summed E-state index contributed by atoms with van der Waals surface area (Å²) >= 11 is 12.0. The van der Waals surface area contributed by atoms with E-state index in [0.717, 1.165) is 23.1 Å². The van der Waals surface area contributed by atoms with Crippen molar-refractivity contribution in [1.29, 1.82) is 0 Å². The maximum atomic E-state index is 6.10. The van der Waals surface area contributed by atoms with Crippen LogP contribution in [0.4, 0.5) is 0 Å². The lowest BCUT2D eigenvalue weighted by Gasteiger charge is -2.05. The van der Waals surface area contributed by atoms with Crippen molar-refractivity contribution < 1.29 is 0 Å². The fourth-order valence-electron chi connectivity index (χ4n) is 1.63. The van der Waals surface area contributed by atoms with Crippen LogP contribution in [0.5, 0.6) is 0 Å². The molecule has 16 heavy (non-hydrogen) atoms. The molecule has 0 saturated carbocycles. The average Bonchev–Trinajstić information content (AvgIpc) is 2.57. The highest BCUT2D eigenvalue weighted by molar-refractivity contribution is 6.38. The number of aromatic nitrogens is 1. The summed E-state index contributed by atoms with van der Waals surface area (Å²) in [5.74, 6) is 0. The van der Waals surface area contributed by atoms with Crippen molar-refractivity contribution in [3.63, 3.8) is 0 Å². The van der Waals surface area contributed by atoms with Crippen LogP contribution in [0.25, 0.3) is 10.9 Å². The topological polar surface area (TPSA) is 27.8 Å². The molecule has 2 aromatic rings. The number of hydrogen-bond acceptors (Lipinski definition) is 1. The van der Waals surface area contributed by atoms with E-state index in [1.807, 2.05) is 6.07 Å². The molecule has 0 amide bonds. The lowest BCUT2D eigenvalue weighted by Crippen LogP contribution is -2.21. The van der Waals surface area contributed by atoms with E-state index in [0.29, 0.717) is 16.1 Å². The zero-order chi connectivity index (χ0) is 11.7. The Bertz CT molecular complexity index is 503. The number of H-pyrrole nitrogens is 1. The van der Waals surface area contributed by atoms with Gasteiger partial charge in [-0.3, -0.25) is 0 Å². The minimum absolute atomic E-state index is 0.463. The second kappa shape index (κ2) is 4.66. The first-order valence-electron chi connectivity index (χ1n) is 5.26. The summed E-state index contributed by atoms with van der Waals surface area (Å²) in [6, 6.07) is 6.20. The predicted molar refractivity (Wildman–Crippen MR) is 70.3 cm³/mol. The van der Waals surface area contributed by atoms with E-state index in [2.05, 4.69) is 30.2 Å². The fourth-order valence-corrected chi connectivity index (χ4v) is 2.19. The highest BCUT2D eigenvalue weighted by Gasteiger charge is 2.06. The molecule has 0 fully saturated rings. The summed E-state index contributed by atoms with van der Waals surface area (Å²) in [6.07, 6.45) is 0. The van der Waals surface area contributed by atoms with Crippen molar-refractivity contribution >= 4 is 34.1 Å². The van der Waals surface area contributed by atoms with Gasteiger partial charge in [-0.15, -0.1) is 0 Å². The Morgan fingerprint density at radius 2 is 2.00 bits per heavy atom. The summed E-state index contributed by atoms with van der Waals surface area (Å²) in [4.78, 5) is 3.29. The summed E-state index contributed by atoms with van der Waals surface area (Å²) in [7, 11) is 0. The zero-order valence-corrected chi connectivity index (χ0v) is 10.8. The Hall–Kier alpha value is -0.700. The van der Waals surface area contributed by atoms with Crippen LogP contribution in [-0.2, 0) is 6.54 Å². The van der Waals surface area contributed by atoms with Crippen LogP contribution in [0, 0.1) is 0 Å². The van der Waals surface area contributed by atoms with Crippen molar-refractivity contribution in [2.24, 2.45) is 0 Å². The summed E-state index contributed by atoms with van der Waals surface area (Å²) in [6.45, 7) is 5.04. The Balaban J connectivity index is 2.33. The summed E-state index contributed by atoms with van der Waals surface area (Å²) < 4.78 is 0. The minimum atomic E-state index is 0.463. The Morgan fingerprint density at radius 3 is 2.69 bits per heavy atom. The van der Waals surface area contributed by atoms with Gasteiger partial charge in [0.2, 0.25) is 0 Å². The van der Waals surface area contributed by atoms with Gasteiger partial charge in [-0.2, -0.15) is 0 Å². The van der Waals surface area contributed by atoms with Crippen LogP contribution in [0.15, 0.2) is 18.2 Å². The Labute approximate surface area is 105 Å². The molecule has 2 nitrogen and oxygen atoms in total. The van der Waals surface area contributed by atoms with Gasteiger partial charge >= 0.3 is 0 Å². The standard InChI is InChI=1S/C12H14Cl2N2/c1-7(2)15-6-10-4-8-3-9(13)5-11(14)12(8)16-10/h3-5,7,15-16H,6H2,1-2H3. The first-order chi connectivity index (χ1) is 7.56. The van der Waals surface area contributed by atoms with E-state index in [1.54, 1.807) is 6.07 Å². The monoisotopic (exact) mass is 256 g/mol. The van der Waals surface area contributed by atoms with Crippen LogP contribution < -0.4 is 5.32 Å². The molecule has 1 aromatic carbocycles. The summed E-state index contributed by atoms with van der Waals surface area (Å²) in [5, 5.41) is 5.73. The second-order valence-corrected chi connectivity index (χ2v) is 5.03. The molecule has 1 aromatic heterocycles. The highest BCUT2D eigenvalue weighted by atomic mass is 35.5. The van der Waals surface area contributed by atoms with Gasteiger partial charge in [-0.25, -0.2) is 0 Å². The van der Waals surface area contributed by atoms with Gasteiger partial charge in [0, 0.05) is 28.7 Å². The van der Waals surface area contributed by atoms with E-state index < -0.39 is 0 Å². The molecular weight excluding hydrogens is 243 g/mol. The molecule has 2 N–H and O–H groups in total. The Kier molecular flexibility index (Phi) is 3.43. The molecule has 0 radical (unpaired) electrons. The van der Waals surface area contributed by atoms with E-state index in [-0.39, 0.29) is 0 Å². The number of halogens is 2. The van der Waals surface area contributed by atoms with E-state index >= 15 is 0 Å². The third kappa shape index (κ3) is 2.51. The van der Waals surface area contributed by atoms with Gasteiger partial charge in [0.05, 0.1) is 10.5 Å². The number of rotatable bonds is 3. The largest absolute Gasteiger partial charge is 0.356 e. The highest BCUT2D eigenvalue weighted by Crippen LogP contribution is 2.27. The van der Waals surface area contributed by atoms with Gasteiger partial charge < -0.3 is 10.3 Å². The number of benzene rings is 1. The van der Waals surface area contributed by atoms with Gasteiger partial charge in [-0.05, 0) is 18.2 Å².